The van der Waals surface area contributed by atoms with Crippen LogP contribution in [0.4, 0.5) is 4.39 Å². The number of hydrogen-bond donors (Lipinski definition) is 1. The molecule has 3 aromatic carbocycles. The minimum Gasteiger partial charge on any atom is -0.497 e. The number of aromatic nitrogens is 1. The summed E-state index contributed by atoms with van der Waals surface area (Å²) in [6.07, 6.45) is 6.83. The summed E-state index contributed by atoms with van der Waals surface area (Å²) in [6, 6.07) is 16.0. The molecule has 452 valence electrons. The van der Waals surface area contributed by atoms with E-state index in [2.05, 4.69) is 419 Å². The van der Waals surface area contributed by atoms with E-state index in [-0.39, 0.29) is 11.9 Å². The fraction of sp³-hybridized carbons (Fsp3) is 0.104. The molecule has 0 spiro atoms. The monoisotopic (exact) mass is 1280 g/mol. The zero-order valence-corrected chi connectivity index (χ0v) is 54.4. The van der Waals surface area contributed by atoms with Gasteiger partial charge in [-0.25, -0.2) is 4.39 Å². The van der Waals surface area contributed by atoms with E-state index in [0.717, 1.165) is 42.8 Å². The third kappa shape index (κ3) is 31.8. The second-order valence-corrected chi connectivity index (χ2v) is 17.8. The number of nitrogens with zero attached hydrogens (tertiary/aromatic N) is 1. The van der Waals surface area contributed by atoms with Crippen molar-refractivity contribution in [3.8, 4) is 409 Å². The fourth-order valence-corrected chi connectivity index (χ4v) is 7.53. The number of terminal acetylenes is 1. The standard InChI is InChI=1S/C67H4.C29H29FN2O3/c1-3-5-7-9-11-13-15-17-19-21-23-25-27-29-31-33-35-37-39-41-43-45-47-49-51-53-55-57-59-61-63-65-67-66-64-62-60-58-56-54-52-50-48-46-44-42-40-38-36-34-32-30-28-26-24-22-20-18-16-14-12-10-8-6-4-2;1-17-4-5-18(10-24(17)30)16-35-29-11-19-8-9-32-15-26-23(13-27(32)21(19)14-28(29)34-3)22-12-20(33-2)6-7-25(22)31-26/h1H,2H3;4-7,10-12,14,27,31H,8-9,13,15-16H2,1-3H3. The maximum Gasteiger partial charge on any atom is 0.161 e. The molecule has 0 fully saturated rings. The van der Waals surface area contributed by atoms with Gasteiger partial charge in [0, 0.05) is 320 Å². The van der Waals surface area contributed by atoms with E-state index in [4.69, 9.17) is 20.6 Å². The number of halogens is 1. The van der Waals surface area contributed by atoms with Crippen molar-refractivity contribution in [1.29, 1.82) is 0 Å². The zero-order chi connectivity index (χ0) is 72.1. The van der Waals surface area contributed by atoms with Crippen molar-refractivity contribution in [2.75, 3.05) is 20.8 Å². The summed E-state index contributed by atoms with van der Waals surface area (Å²) in [5, 5.41) is 1.24. The fourth-order valence-electron chi connectivity index (χ4n) is 7.53. The molecular formula is C96H33FN2O3. The summed E-state index contributed by atoms with van der Waals surface area (Å²) in [6.45, 7) is 5.63. The minimum absolute atomic E-state index is 0.213. The van der Waals surface area contributed by atoms with E-state index in [9.17, 15) is 4.39 Å². The molecule has 0 bridgehead atoms. The van der Waals surface area contributed by atoms with Gasteiger partial charge < -0.3 is 19.2 Å². The molecule has 0 radical (unpaired) electrons. The molecular weight excluding hydrogens is 1250 g/mol. The molecule has 0 amide bonds. The number of methoxy groups -OCH3 is 2. The Morgan fingerprint density at radius 2 is 0.775 bits per heavy atom. The van der Waals surface area contributed by atoms with Crippen LogP contribution in [0.5, 0.6) is 17.2 Å². The molecule has 0 saturated heterocycles. The number of rotatable bonds is 5. The molecule has 2 aliphatic rings. The molecule has 3 heterocycles. The molecule has 6 heteroatoms. The predicted molar refractivity (Wildman–Crippen MR) is 397 cm³/mol. The average Bonchev–Trinajstić information content (AvgIpc) is 1.49. The van der Waals surface area contributed by atoms with Gasteiger partial charge in [0.25, 0.3) is 0 Å². The van der Waals surface area contributed by atoms with Crippen LogP contribution in [0.3, 0.4) is 0 Å². The topological polar surface area (TPSA) is 46.7 Å². The van der Waals surface area contributed by atoms with Crippen molar-refractivity contribution in [3.63, 3.8) is 0 Å². The largest absolute Gasteiger partial charge is 0.497 e. The summed E-state index contributed by atoms with van der Waals surface area (Å²) in [7, 11) is 3.38. The van der Waals surface area contributed by atoms with Gasteiger partial charge in [0.05, 0.1) is 14.2 Å². The van der Waals surface area contributed by atoms with Crippen LogP contribution in [0, 0.1) is 404 Å². The molecule has 0 aliphatic carbocycles. The van der Waals surface area contributed by atoms with Gasteiger partial charge in [-0.2, -0.15) is 0 Å². The number of fused-ring (bicyclic) bond motifs is 6. The lowest BCUT2D eigenvalue weighted by molar-refractivity contribution is 0.158. The molecule has 5 nitrogen and oxygen atoms in total. The second-order valence-electron chi connectivity index (χ2n) is 17.8. The molecule has 1 atom stereocenters. The number of aromatic amines is 1. The van der Waals surface area contributed by atoms with E-state index >= 15 is 0 Å². The van der Waals surface area contributed by atoms with Crippen LogP contribution in [-0.2, 0) is 26.0 Å². The van der Waals surface area contributed by atoms with E-state index in [0.29, 0.717) is 23.7 Å². The Balaban J connectivity index is 0.000000439. The summed E-state index contributed by atoms with van der Waals surface area (Å²) < 4.78 is 31.3. The van der Waals surface area contributed by atoms with Crippen molar-refractivity contribution in [2.24, 2.45) is 0 Å². The summed E-state index contributed by atoms with van der Waals surface area (Å²) in [5.74, 6) is 164. The summed E-state index contributed by atoms with van der Waals surface area (Å²) >= 11 is 0. The quantitative estimate of drug-likeness (QED) is 0.229. The Hall–Kier alpha value is -18.0. The van der Waals surface area contributed by atoms with Gasteiger partial charge in [-0.05, 0) is 186 Å². The van der Waals surface area contributed by atoms with Crippen molar-refractivity contribution < 1.29 is 18.6 Å². The highest BCUT2D eigenvalue weighted by Crippen LogP contribution is 2.44. The number of nitrogens with one attached hydrogen (secondary N) is 1. The van der Waals surface area contributed by atoms with Crippen LogP contribution in [0.2, 0.25) is 0 Å². The van der Waals surface area contributed by atoms with Crippen molar-refractivity contribution in [1.82, 2.24) is 9.88 Å². The number of aryl methyl sites for hydroxylation is 1. The van der Waals surface area contributed by atoms with Crippen molar-refractivity contribution >= 4 is 10.9 Å². The van der Waals surface area contributed by atoms with Crippen LogP contribution < -0.4 is 14.2 Å². The molecule has 0 saturated carbocycles. The molecule has 6 rings (SSSR count). The molecule has 1 N–H and O–H groups in total. The molecule has 1 aromatic heterocycles. The van der Waals surface area contributed by atoms with Crippen LogP contribution in [-0.4, -0.2) is 30.6 Å². The number of ether oxygens (including phenoxy) is 3. The van der Waals surface area contributed by atoms with Gasteiger partial charge in [-0.15, -0.1) is 6.42 Å². The van der Waals surface area contributed by atoms with Gasteiger partial charge in [-0.3, -0.25) is 4.90 Å². The lowest BCUT2D eigenvalue weighted by Crippen LogP contribution is -2.39. The first kappa shape index (κ1) is 74.7. The third-order valence-corrected chi connectivity index (χ3v) is 11.6. The molecule has 4 aromatic rings. The normalized spacial score (nSPS) is 8.41. The number of benzene rings is 3. The van der Waals surface area contributed by atoms with E-state index in [1.54, 1.807) is 34.1 Å². The summed E-state index contributed by atoms with van der Waals surface area (Å²) in [5.41, 5.74) is 7.84. The van der Waals surface area contributed by atoms with E-state index < -0.39 is 0 Å². The molecule has 2 aliphatic heterocycles. The Kier molecular flexibility index (Phi) is 36.4. The Bertz CT molecular complexity index is 6470. The van der Waals surface area contributed by atoms with Crippen LogP contribution in [0.1, 0.15) is 46.5 Å². The van der Waals surface area contributed by atoms with Crippen LogP contribution in [0.15, 0.2) is 48.5 Å². The first-order valence-corrected chi connectivity index (χ1v) is 28.8. The van der Waals surface area contributed by atoms with Crippen molar-refractivity contribution in [3.05, 3.63) is 87.9 Å². The Morgan fingerprint density at radius 3 is 1.10 bits per heavy atom. The van der Waals surface area contributed by atoms with Crippen molar-refractivity contribution in [2.45, 2.75) is 45.9 Å². The highest BCUT2D eigenvalue weighted by Gasteiger charge is 2.35. The second kappa shape index (κ2) is 49.6. The SMILES string of the molecule is C#CC#CC#CC#CC#CC#CC#CC#CC#CC#CC#CC#CC#CC#CC#CC#CC#CC#CC#CC#CC#CC#CC#CC#CC#CC#CC#CC#CC#CC#CC#CC#CC#CC.COc1ccc2[nH]c3c(c2c1)CC1c2cc(OC)c(OCc4ccc(C)c(F)c4)cc2CCN1C3. The van der Waals surface area contributed by atoms with Gasteiger partial charge in [0.1, 0.15) is 18.2 Å². The maximum atomic E-state index is 14.0. The van der Waals surface area contributed by atoms with Gasteiger partial charge in [0.15, 0.2) is 11.5 Å². The lowest BCUT2D eigenvalue weighted by atomic mass is 9.85. The Morgan fingerprint density at radius 1 is 0.422 bits per heavy atom. The minimum atomic E-state index is -0.213. The van der Waals surface area contributed by atoms with Gasteiger partial charge >= 0.3 is 0 Å². The predicted octanol–water partition coefficient (Wildman–Crippen LogP) is 6.62. The number of hydrogen-bond acceptors (Lipinski definition) is 4. The third-order valence-electron chi connectivity index (χ3n) is 11.6. The first-order valence-electron chi connectivity index (χ1n) is 28.8. The number of H-pyrrole nitrogens is 1. The molecule has 102 heavy (non-hydrogen) atoms. The highest BCUT2D eigenvalue weighted by molar-refractivity contribution is 5.86. The molecule has 1 unspecified atom stereocenters. The zero-order valence-electron chi connectivity index (χ0n) is 54.4. The van der Waals surface area contributed by atoms with Crippen LogP contribution in [0.25, 0.3) is 10.9 Å². The highest BCUT2D eigenvalue weighted by atomic mass is 19.1. The lowest BCUT2D eigenvalue weighted by Gasteiger charge is -2.40. The maximum absolute atomic E-state index is 14.0. The van der Waals surface area contributed by atoms with E-state index in [1.807, 2.05) is 12.1 Å². The van der Waals surface area contributed by atoms with Crippen LogP contribution >= 0.6 is 0 Å². The Labute approximate surface area is 598 Å². The first-order chi connectivity index (χ1) is 50.4. The van der Waals surface area contributed by atoms with Gasteiger partial charge in [0.2, 0.25) is 0 Å². The summed E-state index contributed by atoms with van der Waals surface area (Å²) in [4.78, 5) is 6.18. The average molecular weight is 1280 g/mol. The van der Waals surface area contributed by atoms with Gasteiger partial charge in [-0.1, -0.05) is 18.1 Å². The smallest absolute Gasteiger partial charge is 0.161 e. The van der Waals surface area contributed by atoms with E-state index in [1.165, 1.54) is 33.8 Å².